The van der Waals surface area contributed by atoms with Crippen molar-refractivity contribution in [2.24, 2.45) is 4.99 Å². The van der Waals surface area contributed by atoms with Crippen LogP contribution < -0.4 is 14.8 Å². The number of anilines is 1. The summed E-state index contributed by atoms with van der Waals surface area (Å²) in [5.74, 6) is 1.68. The van der Waals surface area contributed by atoms with E-state index in [1.54, 1.807) is 20.3 Å². The Kier molecular flexibility index (Phi) is 4.97. The molecule has 0 spiro atoms. The predicted molar refractivity (Wildman–Crippen MR) is 98.8 cm³/mol. The molecule has 126 valence electrons. The van der Waals surface area contributed by atoms with E-state index < -0.39 is 0 Å². The number of ether oxygens (including phenoxy) is 2. The van der Waals surface area contributed by atoms with Gasteiger partial charge in [-0.1, -0.05) is 0 Å². The quantitative estimate of drug-likeness (QED) is 0.794. The molecule has 0 unspecified atom stereocenters. The second kappa shape index (κ2) is 7.51. The van der Waals surface area contributed by atoms with Crippen LogP contribution >= 0.6 is 0 Å². The Labute approximate surface area is 146 Å². The van der Waals surface area contributed by atoms with Crippen LogP contribution in [0, 0.1) is 6.08 Å². The van der Waals surface area contributed by atoms with Crippen molar-refractivity contribution in [2.75, 3.05) is 19.5 Å². The third kappa shape index (κ3) is 4.16. The van der Waals surface area contributed by atoms with Crippen molar-refractivity contribution in [3.05, 3.63) is 72.1 Å². The van der Waals surface area contributed by atoms with Crippen molar-refractivity contribution < 1.29 is 14.6 Å². The van der Waals surface area contributed by atoms with Gasteiger partial charge in [0.25, 0.3) is 5.76 Å². The molecular weight excluding hydrogens is 316 g/mol. The molecule has 3 rings (SSSR count). The van der Waals surface area contributed by atoms with E-state index in [9.17, 15) is 5.11 Å². The summed E-state index contributed by atoms with van der Waals surface area (Å²) in [6, 6.07) is 14.9. The number of nitrogens with one attached hydrogen (secondary N) is 1. The van der Waals surface area contributed by atoms with Crippen LogP contribution in [-0.2, 0) is 0 Å². The summed E-state index contributed by atoms with van der Waals surface area (Å²) < 4.78 is 10.3. The van der Waals surface area contributed by atoms with Gasteiger partial charge in [-0.3, -0.25) is 0 Å². The zero-order valence-corrected chi connectivity index (χ0v) is 14.1. The number of nitrogens with zero attached hydrogens (tertiary/aromatic N) is 1. The third-order valence-electron chi connectivity index (χ3n) is 3.71. The highest BCUT2D eigenvalue weighted by molar-refractivity contribution is 6.06. The van der Waals surface area contributed by atoms with E-state index >= 15 is 0 Å². The molecule has 0 aromatic heterocycles. The number of benzene rings is 2. The lowest BCUT2D eigenvalue weighted by Crippen LogP contribution is -2.11. The number of aliphatic hydroxyl groups is 1. The summed E-state index contributed by atoms with van der Waals surface area (Å²) in [5, 5.41) is 13.3. The van der Waals surface area contributed by atoms with Crippen LogP contribution in [0.1, 0.15) is 6.42 Å². The molecule has 0 fully saturated rings. The molecule has 1 aliphatic carbocycles. The highest BCUT2D eigenvalue weighted by Gasteiger charge is 2.24. The second-order valence-electron chi connectivity index (χ2n) is 5.41. The van der Waals surface area contributed by atoms with E-state index in [4.69, 9.17) is 9.47 Å². The molecule has 0 saturated carbocycles. The molecule has 1 aliphatic rings. The first-order valence-electron chi connectivity index (χ1n) is 7.84. The molecule has 25 heavy (non-hydrogen) atoms. The number of hydrogen-bond donors (Lipinski definition) is 2. The average molecular weight is 335 g/mol. The van der Waals surface area contributed by atoms with Crippen LogP contribution in [0.4, 0.5) is 11.4 Å². The number of hydrogen-bond acceptors (Lipinski definition) is 5. The highest BCUT2D eigenvalue weighted by Crippen LogP contribution is 2.23. The molecule has 0 atom stereocenters. The predicted octanol–water partition coefficient (Wildman–Crippen LogP) is 4.42. The van der Waals surface area contributed by atoms with Gasteiger partial charge in [0.1, 0.15) is 11.5 Å². The van der Waals surface area contributed by atoms with E-state index in [0.717, 1.165) is 22.9 Å². The maximum atomic E-state index is 10.1. The summed E-state index contributed by atoms with van der Waals surface area (Å²) in [4.78, 5) is 4.44. The molecule has 0 amide bonds. The Morgan fingerprint density at radius 1 is 0.960 bits per heavy atom. The fraction of sp³-hybridized carbons (Fsp3) is 0.150. The van der Waals surface area contributed by atoms with Crippen LogP contribution in [0.15, 0.2) is 71.1 Å². The summed E-state index contributed by atoms with van der Waals surface area (Å²) in [7, 11) is 3.25. The molecular formula is C20H19N2O3+. The Bertz CT molecular complexity index is 819. The van der Waals surface area contributed by atoms with Crippen LogP contribution in [0.2, 0.25) is 0 Å². The van der Waals surface area contributed by atoms with Crippen molar-refractivity contribution in [3.63, 3.8) is 0 Å². The molecule has 0 saturated heterocycles. The molecule has 0 aliphatic heterocycles. The van der Waals surface area contributed by atoms with Gasteiger partial charge in [-0.15, -0.1) is 0 Å². The minimum atomic E-state index is 0.121. The lowest BCUT2D eigenvalue weighted by atomic mass is 10.1. The zero-order chi connectivity index (χ0) is 17.6. The minimum absolute atomic E-state index is 0.121. The number of aliphatic hydroxyl groups excluding tert-OH is 1. The molecule has 0 bridgehead atoms. The fourth-order valence-corrected chi connectivity index (χ4v) is 2.36. The zero-order valence-electron chi connectivity index (χ0n) is 14.1. The lowest BCUT2D eigenvalue weighted by molar-refractivity contribution is 0.415. The number of rotatable bonds is 5. The monoisotopic (exact) mass is 335 g/mol. The Hall–Kier alpha value is -3.30. The number of methoxy groups -OCH3 is 2. The van der Waals surface area contributed by atoms with Gasteiger partial charge in [-0.05, 0) is 48.5 Å². The van der Waals surface area contributed by atoms with Crippen LogP contribution in [0.3, 0.4) is 0 Å². The second-order valence-corrected chi connectivity index (χ2v) is 5.41. The van der Waals surface area contributed by atoms with Gasteiger partial charge in [0.05, 0.1) is 32.4 Å². The smallest absolute Gasteiger partial charge is 0.333 e. The average Bonchev–Trinajstić information content (AvgIpc) is 2.66. The van der Waals surface area contributed by atoms with Gasteiger partial charge >= 0.3 is 5.71 Å². The maximum absolute atomic E-state index is 10.1. The van der Waals surface area contributed by atoms with E-state index in [0.29, 0.717) is 17.8 Å². The third-order valence-corrected chi connectivity index (χ3v) is 3.71. The standard InChI is InChI=1S/C20H18N2O3/c1-24-17-8-3-14(4-9-17)21-16-7-12-20(23)19(13-16)22-15-5-10-18(25-2)11-6-15/h3-6,8-12H,7H2,1-2H3,(H-,21,22,23)/p+1. The molecule has 5 nitrogen and oxygen atoms in total. The van der Waals surface area contributed by atoms with Crippen molar-refractivity contribution in [1.82, 2.24) is 0 Å². The van der Waals surface area contributed by atoms with Gasteiger partial charge in [0.15, 0.2) is 11.8 Å². The van der Waals surface area contributed by atoms with E-state index in [1.807, 2.05) is 48.5 Å². The van der Waals surface area contributed by atoms with Gasteiger partial charge in [0, 0.05) is 5.69 Å². The normalized spacial score (nSPS) is 15.0. The molecule has 5 heteroatoms. The first-order valence-corrected chi connectivity index (χ1v) is 7.84. The van der Waals surface area contributed by atoms with Crippen molar-refractivity contribution >= 4 is 17.1 Å². The SMILES string of the molecule is COc1ccc(N=C2[C+]=C(Nc3ccc(OC)cc3)CC=C2O)cc1. The summed E-state index contributed by atoms with van der Waals surface area (Å²) in [5.41, 5.74) is 2.86. The van der Waals surface area contributed by atoms with Crippen molar-refractivity contribution in [3.8, 4) is 11.5 Å². The van der Waals surface area contributed by atoms with Crippen LogP contribution in [0.5, 0.6) is 11.5 Å². The summed E-state index contributed by atoms with van der Waals surface area (Å²) in [6.45, 7) is 0. The summed E-state index contributed by atoms with van der Waals surface area (Å²) >= 11 is 0. The Balaban J connectivity index is 1.79. The minimum Gasteiger partial charge on any atom is -0.497 e. The topological polar surface area (TPSA) is 63.1 Å². The highest BCUT2D eigenvalue weighted by atomic mass is 16.5. The number of aliphatic imine (C=N–C) groups is 1. The Morgan fingerprint density at radius 3 is 2.16 bits per heavy atom. The van der Waals surface area contributed by atoms with E-state index in [2.05, 4.69) is 16.4 Å². The summed E-state index contributed by atoms with van der Waals surface area (Å²) in [6.07, 6.45) is 5.40. The molecule has 2 aromatic carbocycles. The molecule has 2 N–H and O–H groups in total. The van der Waals surface area contributed by atoms with Gasteiger partial charge in [-0.2, -0.15) is 4.99 Å². The van der Waals surface area contributed by atoms with Crippen molar-refractivity contribution in [1.29, 1.82) is 0 Å². The van der Waals surface area contributed by atoms with Gasteiger partial charge < -0.3 is 19.9 Å². The fourth-order valence-electron chi connectivity index (χ4n) is 2.36. The van der Waals surface area contributed by atoms with E-state index in [-0.39, 0.29) is 5.76 Å². The first-order chi connectivity index (χ1) is 12.2. The van der Waals surface area contributed by atoms with Gasteiger partial charge in [0.2, 0.25) is 0 Å². The number of allylic oxidation sites excluding steroid dienone is 2. The van der Waals surface area contributed by atoms with Gasteiger partial charge in [-0.25, -0.2) is 0 Å². The van der Waals surface area contributed by atoms with Crippen LogP contribution in [-0.4, -0.2) is 25.0 Å². The molecule has 2 aromatic rings. The van der Waals surface area contributed by atoms with Crippen molar-refractivity contribution in [2.45, 2.75) is 6.42 Å². The Morgan fingerprint density at radius 2 is 1.56 bits per heavy atom. The molecule has 0 radical (unpaired) electrons. The maximum Gasteiger partial charge on any atom is 0.333 e. The lowest BCUT2D eigenvalue weighted by Gasteiger charge is -2.07. The van der Waals surface area contributed by atoms with E-state index in [1.165, 1.54) is 0 Å². The largest absolute Gasteiger partial charge is 0.497 e. The van der Waals surface area contributed by atoms with Crippen LogP contribution in [0.25, 0.3) is 0 Å². The first kappa shape index (κ1) is 16.6. The molecule has 0 heterocycles.